The summed E-state index contributed by atoms with van der Waals surface area (Å²) in [5.74, 6) is -0.937. The molecule has 1 aromatic rings. The number of hydrogen-bond donors (Lipinski definition) is 1. The van der Waals surface area contributed by atoms with Gasteiger partial charge in [-0.2, -0.15) is 13.2 Å². The first-order valence-corrected chi connectivity index (χ1v) is 10.1. The molecule has 0 amide bonds. The van der Waals surface area contributed by atoms with Crippen LogP contribution < -0.4 is 4.74 Å². The SMILES string of the molecule is COc1ccccc1CN1CC2(CC(OCC3CC3)CCO2)C1.O=C(O)C(F)(F)F. The Morgan fingerprint density at radius 3 is 2.53 bits per heavy atom. The van der Waals surface area contributed by atoms with Gasteiger partial charge >= 0.3 is 12.1 Å². The van der Waals surface area contributed by atoms with Crippen molar-refractivity contribution in [3.05, 3.63) is 29.8 Å². The molecule has 4 rings (SSSR count). The van der Waals surface area contributed by atoms with Gasteiger partial charge in [-0.25, -0.2) is 4.79 Å². The smallest absolute Gasteiger partial charge is 0.490 e. The summed E-state index contributed by atoms with van der Waals surface area (Å²) in [5, 5.41) is 7.12. The van der Waals surface area contributed by atoms with E-state index in [1.165, 1.54) is 18.4 Å². The highest BCUT2D eigenvalue weighted by molar-refractivity contribution is 5.73. The summed E-state index contributed by atoms with van der Waals surface area (Å²) >= 11 is 0. The maximum Gasteiger partial charge on any atom is 0.490 e. The van der Waals surface area contributed by atoms with Gasteiger partial charge in [-0.1, -0.05) is 18.2 Å². The first-order chi connectivity index (χ1) is 14.2. The zero-order valence-electron chi connectivity index (χ0n) is 17.0. The number of halogens is 3. The van der Waals surface area contributed by atoms with Gasteiger partial charge in [0, 0.05) is 44.8 Å². The predicted molar refractivity (Wildman–Crippen MR) is 102 cm³/mol. The van der Waals surface area contributed by atoms with Crippen LogP contribution in [0.2, 0.25) is 0 Å². The van der Waals surface area contributed by atoms with Crippen LogP contribution in [0, 0.1) is 5.92 Å². The third-order valence-electron chi connectivity index (χ3n) is 5.56. The topological polar surface area (TPSA) is 68.2 Å². The van der Waals surface area contributed by atoms with E-state index < -0.39 is 12.1 Å². The molecule has 6 nitrogen and oxygen atoms in total. The number of rotatable bonds is 6. The number of ether oxygens (including phenoxy) is 3. The number of alkyl halides is 3. The second-order valence-corrected chi connectivity index (χ2v) is 8.18. The molecule has 0 radical (unpaired) electrons. The summed E-state index contributed by atoms with van der Waals surface area (Å²) in [6, 6.07) is 8.27. The largest absolute Gasteiger partial charge is 0.496 e. The number of likely N-dealkylation sites (tertiary alicyclic amines) is 1. The zero-order valence-corrected chi connectivity index (χ0v) is 17.0. The molecule has 1 aromatic carbocycles. The molecule has 1 aliphatic carbocycles. The van der Waals surface area contributed by atoms with E-state index in [1.54, 1.807) is 7.11 Å². The van der Waals surface area contributed by atoms with Crippen LogP contribution in [0.5, 0.6) is 5.75 Å². The lowest BCUT2D eigenvalue weighted by molar-refractivity contribution is -0.199. The highest BCUT2D eigenvalue weighted by Crippen LogP contribution is 2.38. The van der Waals surface area contributed by atoms with Gasteiger partial charge in [-0.15, -0.1) is 0 Å². The van der Waals surface area contributed by atoms with Gasteiger partial charge in [0.15, 0.2) is 0 Å². The first kappa shape index (κ1) is 22.8. The fourth-order valence-electron chi connectivity index (χ4n) is 3.86. The van der Waals surface area contributed by atoms with E-state index in [-0.39, 0.29) is 5.60 Å². The molecule has 1 unspecified atom stereocenters. The first-order valence-electron chi connectivity index (χ1n) is 10.1. The van der Waals surface area contributed by atoms with Gasteiger partial charge in [-0.05, 0) is 31.2 Å². The van der Waals surface area contributed by atoms with Gasteiger partial charge < -0.3 is 19.3 Å². The van der Waals surface area contributed by atoms with Crippen LogP contribution in [0.1, 0.15) is 31.2 Å². The Kier molecular flexibility index (Phi) is 7.26. The van der Waals surface area contributed by atoms with Crippen molar-refractivity contribution in [2.24, 2.45) is 5.92 Å². The van der Waals surface area contributed by atoms with Gasteiger partial charge in [0.1, 0.15) is 5.75 Å². The van der Waals surface area contributed by atoms with E-state index in [0.29, 0.717) is 6.10 Å². The predicted octanol–water partition coefficient (Wildman–Crippen LogP) is 3.49. The van der Waals surface area contributed by atoms with Crippen LogP contribution >= 0.6 is 0 Å². The number of aliphatic carboxylic acids is 1. The Hall–Kier alpha value is -1.84. The van der Waals surface area contributed by atoms with Gasteiger partial charge in [0.05, 0.1) is 18.8 Å². The molecule has 1 atom stereocenters. The summed E-state index contributed by atoms with van der Waals surface area (Å²) in [4.78, 5) is 11.3. The minimum atomic E-state index is -5.08. The number of carbonyl (C=O) groups is 1. The minimum Gasteiger partial charge on any atom is -0.496 e. The lowest BCUT2D eigenvalue weighted by atomic mass is 9.84. The lowest BCUT2D eigenvalue weighted by Crippen LogP contribution is -2.65. The van der Waals surface area contributed by atoms with E-state index in [1.807, 2.05) is 12.1 Å². The van der Waals surface area contributed by atoms with Crippen LogP contribution in [-0.2, 0) is 20.8 Å². The highest BCUT2D eigenvalue weighted by Gasteiger charge is 2.48. The van der Waals surface area contributed by atoms with Crippen LogP contribution in [0.4, 0.5) is 13.2 Å². The summed E-state index contributed by atoms with van der Waals surface area (Å²) < 4.78 is 49.4. The number of methoxy groups -OCH3 is 1. The monoisotopic (exact) mass is 431 g/mol. The Morgan fingerprint density at radius 1 is 1.27 bits per heavy atom. The average Bonchev–Trinajstić information content (AvgIpc) is 3.50. The molecule has 1 saturated carbocycles. The standard InChI is InChI=1S/C19H27NO3.C2HF3O2/c1-21-18-5-3-2-4-16(18)11-20-13-19(14-20)10-17(8-9-23-19)22-12-15-6-7-15;3-2(4,5)1(6)7/h2-5,15,17H,6-14H2,1H3;(H,6,7). The molecule has 2 aliphatic heterocycles. The van der Waals surface area contributed by atoms with Crippen molar-refractivity contribution < 1.29 is 37.3 Å². The van der Waals surface area contributed by atoms with Gasteiger partial charge in [0.2, 0.25) is 0 Å². The average molecular weight is 431 g/mol. The van der Waals surface area contributed by atoms with Crippen molar-refractivity contribution in [1.29, 1.82) is 0 Å². The third-order valence-corrected chi connectivity index (χ3v) is 5.56. The molecule has 0 bridgehead atoms. The molecule has 30 heavy (non-hydrogen) atoms. The summed E-state index contributed by atoms with van der Waals surface area (Å²) in [5.41, 5.74) is 1.29. The molecule has 2 saturated heterocycles. The second-order valence-electron chi connectivity index (χ2n) is 8.18. The summed E-state index contributed by atoms with van der Waals surface area (Å²) in [6.45, 7) is 4.76. The lowest BCUT2D eigenvalue weighted by Gasteiger charge is -2.53. The molecule has 3 fully saturated rings. The molecular formula is C21H28F3NO5. The number of carboxylic acid groups (broad SMARTS) is 1. The normalized spacial score (nSPS) is 23.3. The minimum absolute atomic E-state index is 0.0362. The van der Waals surface area contributed by atoms with E-state index in [4.69, 9.17) is 24.1 Å². The van der Waals surface area contributed by atoms with Crippen LogP contribution in [0.3, 0.4) is 0 Å². The zero-order chi connectivity index (χ0) is 21.8. The third kappa shape index (κ3) is 6.33. The van der Waals surface area contributed by atoms with Crippen molar-refractivity contribution in [3.8, 4) is 5.75 Å². The molecule has 168 valence electrons. The molecule has 9 heteroatoms. The summed E-state index contributed by atoms with van der Waals surface area (Å²) in [6.07, 6.45) is 0.156. The second kappa shape index (κ2) is 9.53. The Balaban J connectivity index is 0.000000318. The maximum absolute atomic E-state index is 10.6. The van der Waals surface area contributed by atoms with Crippen molar-refractivity contribution >= 4 is 5.97 Å². The fraction of sp³-hybridized carbons (Fsp3) is 0.667. The molecular weight excluding hydrogens is 403 g/mol. The highest BCUT2D eigenvalue weighted by atomic mass is 19.4. The van der Waals surface area contributed by atoms with E-state index in [9.17, 15) is 13.2 Å². The maximum atomic E-state index is 10.6. The van der Waals surface area contributed by atoms with E-state index in [2.05, 4.69) is 17.0 Å². The molecule has 0 aromatic heterocycles. The number of carboxylic acids is 1. The van der Waals surface area contributed by atoms with Gasteiger partial charge in [-0.3, -0.25) is 4.90 Å². The number of nitrogens with zero attached hydrogens (tertiary/aromatic N) is 1. The van der Waals surface area contributed by atoms with Crippen molar-refractivity contribution in [1.82, 2.24) is 4.90 Å². The van der Waals surface area contributed by atoms with Gasteiger partial charge in [0.25, 0.3) is 0 Å². The van der Waals surface area contributed by atoms with Crippen molar-refractivity contribution in [2.45, 2.75) is 50.1 Å². The van der Waals surface area contributed by atoms with E-state index in [0.717, 1.165) is 57.4 Å². The Labute approximate surface area is 173 Å². The number of benzene rings is 1. The molecule has 2 heterocycles. The Bertz CT molecular complexity index is 717. The molecule has 3 aliphatic rings. The quantitative estimate of drug-likeness (QED) is 0.744. The van der Waals surface area contributed by atoms with Crippen LogP contribution in [-0.4, -0.2) is 67.3 Å². The summed E-state index contributed by atoms with van der Waals surface area (Å²) in [7, 11) is 1.74. The van der Waals surface area contributed by atoms with Crippen LogP contribution in [0.15, 0.2) is 24.3 Å². The van der Waals surface area contributed by atoms with Crippen LogP contribution in [0.25, 0.3) is 0 Å². The Morgan fingerprint density at radius 2 is 1.93 bits per heavy atom. The number of hydrogen-bond acceptors (Lipinski definition) is 5. The molecule has 1 spiro atoms. The van der Waals surface area contributed by atoms with Crippen molar-refractivity contribution in [3.63, 3.8) is 0 Å². The van der Waals surface area contributed by atoms with Crippen molar-refractivity contribution in [2.75, 3.05) is 33.4 Å². The van der Waals surface area contributed by atoms with E-state index >= 15 is 0 Å². The number of para-hydroxylation sites is 1. The fourth-order valence-corrected chi connectivity index (χ4v) is 3.86. The molecule has 1 N–H and O–H groups in total.